The van der Waals surface area contributed by atoms with Gasteiger partial charge in [-0.1, -0.05) is 6.92 Å². The summed E-state index contributed by atoms with van der Waals surface area (Å²) in [6.07, 6.45) is 1.78. The molecule has 1 heterocycles. The summed E-state index contributed by atoms with van der Waals surface area (Å²) in [5.74, 6) is 0.175. The Morgan fingerprint density at radius 3 is 3.10 bits per heavy atom. The molecule has 0 saturated carbocycles. The molecule has 1 unspecified atom stereocenters. The van der Waals surface area contributed by atoms with Gasteiger partial charge >= 0.3 is 0 Å². The lowest BCUT2D eigenvalue weighted by molar-refractivity contribution is -0.119. The maximum Gasteiger partial charge on any atom is 0.221 e. The smallest absolute Gasteiger partial charge is 0.221 e. The Labute approximate surface area is 61.2 Å². The molecule has 1 saturated heterocycles. The van der Waals surface area contributed by atoms with Crippen LogP contribution >= 0.6 is 0 Å². The molecule has 58 valence electrons. The molecule has 3 nitrogen and oxygen atoms in total. The van der Waals surface area contributed by atoms with Crippen molar-refractivity contribution in [3.63, 3.8) is 0 Å². The van der Waals surface area contributed by atoms with Gasteiger partial charge in [-0.25, -0.2) is 0 Å². The summed E-state index contributed by atoms with van der Waals surface area (Å²) in [7, 11) is 0. The highest BCUT2D eigenvalue weighted by molar-refractivity contribution is 5.78. The summed E-state index contributed by atoms with van der Waals surface area (Å²) in [5, 5.41) is 6.06. The highest BCUT2D eigenvalue weighted by Crippen LogP contribution is 1.97. The van der Waals surface area contributed by atoms with Gasteiger partial charge < -0.3 is 10.6 Å². The molecular formula is C7H14N2O. The minimum Gasteiger partial charge on any atom is -0.354 e. The summed E-state index contributed by atoms with van der Waals surface area (Å²) in [6, 6.07) is 0.382. The number of rotatable bonds is 3. The van der Waals surface area contributed by atoms with Crippen molar-refractivity contribution in [3.05, 3.63) is 0 Å². The fourth-order valence-electron chi connectivity index (χ4n) is 1.10. The minimum absolute atomic E-state index is 0.175. The molecule has 3 heteroatoms. The van der Waals surface area contributed by atoms with Crippen molar-refractivity contribution in [2.24, 2.45) is 0 Å². The molecule has 0 aliphatic carbocycles. The maximum absolute atomic E-state index is 10.7. The quantitative estimate of drug-likeness (QED) is 0.576. The van der Waals surface area contributed by atoms with E-state index in [9.17, 15) is 4.79 Å². The SMILES string of the molecule is CCCNC1CNC(=O)C1. The summed E-state index contributed by atoms with van der Waals surface area (Å²) in [6.45, 7) is 3.94. The predicted molar refractivity (Wildman–Crippen MR) is 39.7 cm³/mol. The second-order valence-corrected chi connectivity index (χ2v) is 2.66. The van der Waals surface area contributed by atoms with Gasteiger partial charge in [0.25, 0.3) is 0 Å². The second kappa shape index (κ2) is 3.56. The van der Waals surface area contributed by atoms with Crippen LogP contribution in [0.3, 0.4) is 0 Å². The molecule has 1 fully saturated rings. The van der Waals surface area contributed by atoms with Crippen molar-refractivity contribution >= 4 is 5.91 Å². The molecule has 1 aliphatic rings. The zero-order chi connectivity index (χ0) is 7.40. The van der Waals surface area contributed by atoms with Crippen LogP contribution in [0.25, 0.3) is 0 Å². The number of hydrogen-bond acceptors (Lipinski definition) is 2. The summed E-state index contributed by atoms with van der Waals surface area (Å²) < 4.78 is 0. The van der Waals surface area contributed by atoms with E-state index in [2.05, 4.69) is 17.6 Å². The first-order valence-electron chi connectivity index (χ1n) is 3.83. The van der Waals surface area contributed by atoms with Gasteiger partial charge in [-0.2, -0.15) is 0 Å². The van der Waals surface area contributed by atoms with Crippen molar-refractivity contribution in [2.75, 3.05) is 13.1 Å². The number of hydrogen-bond donors (Lipinski definition) is 2. The molecular weight excluding hydrogens is 128 g/mol. The molecule has 10 heavy (non-hydrogen) atoms. The number of carbonyl (C=O) groups excluding carboxylic acids is 1. The van der Waals surface area contributed by atoms with Crippen LogP contribution in [0.4, 0.5) is 0 Å². The van der Waals surface area contributed by atoms with Crippen LogP contribution in [-0.2, 0) is 4.79 Å². The average Bonchev–Trinajstić information content (AvgIpc) is 2.31. The first-order valence-corrected chi connectivity index (χ1v) is 3.83. The second-order valence-electron chi connectivity index (χ2n) is 2.66. The monoisotopic (exact) mass is 142 g/mol. The Morgan fingerprint density at radius 1 is 1.80 bits per heavy atom. The van der Waals surface area contributed by atoms with Crippen molar-refractivity contribution < 1.29 is 4.79 Å². The molecule has 0 aromatic heterocycles. The van der Waals surface area contributed by atoms with Gasteiger partial charge in [0, 0.05) is 19.0 Å². The standard InChI is InChI=1S/C7H14N2O/c1-2-3-8-6-4-7(10)9-5-6/h6,8H,2-5H2,1H3,(H,9,10). The van der Waals surface area contributed by atoms with E-state index < -0.39 is 0 Å². The highest BCUT2D eigenvalue weighted by atomic mass is 16.1. The van der Waals surface area contributed by atoms with Crippen LogP contribution in [0.5, 0.6) is 0 Å². The molecule has 1 atom stereocenters. The summed E-state index contributed by atoms with van der Waals surface area (Å²) in [4.78, 5) is 10.7. The van der Waals surface area contributed by atoms with E-state index in [0.29, 0.717) is 12.5 Å². The highest BCUT2D eigenvalue weighted by Gasteiger charge is 2.19. The van der Waals surface area contributed by atoms with E-state index in [1.165, 1.54) is 0 Å². The Balaban J connectivity index is 2.12. The molecule has 0 spiro atoms. The van der Waals surface area contributed by atoms with Gasteiger partial charge in [0.2, 0.25) is 5.91 Å². The van der Waals surface area contributed by atoms with E-state index in [1.54, 1.807) is 0 Å². The molecule has 0 aromatic carbocycles. The van der Waals surface area contributed by atoms with E-state index in [-0.39, 0.29) is 5.91 Å². The predicted octanol–water partition coefficient (Wildman–Crippen LogP) is -0.126. The lowest BCUT2D eigenvalue weighted by Crippen LogP contribution is -2.31. The van der Waals surface area contributed by atoms with Crippen molar-refractivity contribution in [1.82, 2.24) is 10.6 Å². The molecule has 1 amide bonds. The fourth-order valence-corrected chi connectivity index (χ4v) is 1.10. The largest absolute Gasteiger partial charge is 0.354 e. The zero-order valence-corrected chi connectivity index (χ0v) is 6.31. The van der Waals surface area contributed by atoms with E-state index in [0.717, 1.165) is 19.5 Å². The van der Waals surface area contributed by atoms with Gasteiger partial charge in [-0.15, -0.1) is 0 Å². The molecule has 0 radical (unpaired) electrons. The molecule has 2 N–H and O–H groups in total. The van der Waals surface area contributed by atoms with Crippen LogP contribution in [0, 0.1) is 0 Å². The van der Waals surface area contributed by atoms with Crippen LogP contribution in [0.2, 0.25) is 0 Å². The minimum atomic E-state index is 0.175. The van der Waals surface area contributed by atoms with E-state index in [1.807, 2.05) is 0 Å². The van der Waals surface area contributed by atoms with Gasteiger partial charge in [0.05, 0.1) is 0 Å². The molecule has 1 rings (SSSR count). The third kappa shape index (κ3) is 1.99. The third-order valence-electron chi connectivity index (χ3n) is 1.66. The fraction of sp³-hybridized carbons (Fsp3) is 0.857. The normalized spacial score (nSPS) is 24.9. The van der Waals surface area contributed by atoms with Gasteiger partial charge in [0.15, 0.2) is 0 Å². The van der Waals surface area contributed by atoms with E-state index in [4.69, 9.17) is 0 Å². The van der Waals surface area contributed by atoms with Gasteiger partial charge in [0.1, 0.15) is 0 Å². The van der Waals surface area contributed by atoms with Crippen LogP contribution in [-0.4, -0.2) is 25.0 Å². The number of amides is 1. The molecule has 0 aromatic rings. The van der Waals surface area contributed by atoms with Gasteiger partial charge in [-0.3, -0.25) is 4.79 Å². The third-order valence-corrected chi connectivity index (χ3v) is 1.66. The summed E-state index contributed by atoms with van der Waals surface area (Å²) in [5.41, 5.74) is 0. The lowest BCUT2D eigenvalue weighted by Gasteiger charge is -2.07. The Hall–Kier alpha value is -0.570. The van der Waals surface area contributed by atoms with Crippen LogP contribution < -0.4 is 10.6 Å². The topological polar surface area (TPSA) is 41.1 Å². The van der Waals surface area contributed by atoms with Crippen LogP contribution in [0.1, 0.15) is 19.8 Å². The van der Waals surface area contributed by atoms with Crippen molar-refractivity contribution in [2.45, 2.75) is 25.8 Å². The van der Waals surface area contributed by atoms with Gasteiger partial charge in [-0.05, 0) is 13.0 Å². The van der Waals surface area contributed by atoms with Crippen molar-refractivity contribution in [3.8, 4) is 0 Å². The lowest BCUT2D eigenvalue weighted by atomic mass is 10.2. The zero-order valence-electron chi connectivity index (χ0n) is 6.31. The van der Waals surface area contributed by atoms with Crippen molar-refractivity contribution in [1.29, 1.82) is 0 Å². The molecule has 1 aliphatic heterocycles. The number of carbonyl (C=O) groups is 1. The Morgan fingerprint density at radius 2 is 2.60 bits per heavy atom. The van der Waals surface area contributed by atoms with Crippen LogP contribution in [0.15, 0.2) is 0 Å². The Bertz CT molecular complexity index is 125. The first-order chi connectivity index (χ1) is 4.83. The summed E-state index contributed by atoms with van der Waals surface area (Å²) >= 11 is 0. The maximum atomic E-state index is 10.7. The van der Waals surface area contributed by atoms with E-state index >= 15 is 0 Å². The first kappa shape index (κ1) is 7.54. The molecule has 0 bridgehead atoms. The Kier molecular flexibility index (Phi) is 2.68. The number of nitrogens with one attached hydrogen (secondary N) is 2. The average molecular weight is 142 g/mol.